The van der Waals surface area contributed by atoms with E-state index in [-0.39, 0.29) is 29.9 Å². The number of rotatable bonds is 9. The summed E-state index contributed by atoms with van der Waals surface area (Å²) in [7, 11) is 1.76. The fourth-order valence-corrected chi connectivity index (χ4v) is 2.96. The molecule has 130 valence electrons. The Labute approximate surface area is 156 Å². The normalized spacial score (nSPS) is 15.3. The zero-order chi connectivity index (χ0) is 15.3. The van der Waals surface area contributed by atoms with Crippen LogP contribution in [0.1, 0.15) is 44.9 Å². The summed E-state index contributed by atoms with van der Waals surface area (Å²) in [5.41, 5.74) is 0. The third-order valence-corrected chi connectivity index (χ3v) is 4.35. The molecule has 22 heavy (non-hydrogen) atoms. The standard InChI is InChI=1S/C15H30N4OS.HI/c1-16-15(17-10-5-6-12-21-2)18-11-9-14(20)19-13-7-3-4-8-13;/h13H,3-12H2,1-2H3,(H,19,20)(H2,16,17,18);1H. The molecule has 0 aromatic rings. The molecule has 5 nitrogen and oxygen atoms in total. The van der Waals surface area contributed by atoms with Crippen LogP contribution in [-0.2, 0) is 4.79 Å². The molecule has 0 bridgehead atoms. The van der Waals surface area contributed by atoms with Crippen molar-refractivity contribution in [3.8, 4) is 0 Å². The van der Waals surface area contributed by atoms with Gasteiger partial charge in [0.1, 0.15) is 0 Å². The average molecular weight is 442 g/mol. The van der Waals surface area contributed by atoms with E-state index in [2.05, 4.69) is 27.2 Å². The van der Waals surface area contributed by atoms with E-state index in [0.717, 1.165) is 31.8 Å². The first-order chi connectivity index (χ1) is 10.3. The predicted octanol–water partition coefficient (Wildman–Crippen LogP) is 2.36. The van der Waals surface area contributed by atoms with Gasteiger partial charge in [0.25, 0.3) is 0 Å². The van der Waals surface area contributed by atoms with E-state index in [1.54, 1.807) is 7.05 Å². The minimum atomic E-state index is 0. The molecule has 0 radical (unpaired) electrons. The summed E-state index contributed by atoms with van der Waals surface area (Å²) in [6, 6.07) is 0.409. The summed E-state index contributed by atoms with van der Waals surface area (Å²) in [5, 5.41) is 9.56. The van der Waals surface area contributed by atoms with Gasteiger partial charge in [0.15, 0.2) is 5.96 Å². The number of carbonyl (C=O) groups is 1. The Kier molecular flexibility index (Phi) is 14.3. The molecule has 1 fully saturated rings. The molecular formula is C15H31IN4OS. The zero-order valence-corrected chi connectivity index (χ0v) is 17.0. The quantitative estimate of drug-likeness (QED) is 0.222. The lowest BCUT2D eigenvalue weighted by Crippen LogP contribution is -2.40. The van der Waals surface area contributed by atoms with Crippen molar-refractivity contribution in [3.63, 3.8) is 0 Å². The maximum Gasteiger partial charge on any atom is 0.221 e. The summed E-state index contributed by atoms with van der Waals surface area (Å²) in [4.78, 5) is 16.0. The molecule has 0 heterocycles. The van der Waals surface area contributed by atoms with Gasteiger partial charge >= 0.3 is 0 Å². The number of thioether (sulfide) groups is 1. The molecule has 0 unspecified atom stereocenters. The third kappa shape index (κ3) is 10.5. The molecule has 0 aliphatic heterocycles. The van der Waals surface area contributed by atoms with Gasteiger partial charge in [-0.2, -0.15) is 11.8 Å². The van der Waals surface area contributed by atoms with E-state index >= 15 is 0 Å². The Bertz CT molecular complexity index is 323. The smallest absolute Gasteiger partial charge is 0.221 e. The van der Waals surface area contributed by atoms with E-state index < -0.39 is 0 Å². The number of nitrogens with one attached hydrogen (secondary N) is 3. The first-order valence-corrected chi connectivity index (χ1v) is 9.38. The summed E-state index contributed by atoms with van der Waals surface area (Å²) in [6.07, 6.45) is 9.76. The van der Waals surface area contributed by atoms with Crippen LogP contribution in [0.2, 0.25) is 0 Å². The van der Waals surface area contributed by atoms with Crippen molar-refractivity contribution < 1.29 is 4.79 Å². The van der Waals surface area contributed by atoms with Gasteiger partial charge in [0.05, 0.1) is 0 Å². The van der Waals surface area contributed by atoms with Crippen molar-refractivity contribution in [3.05, 3.63) is 0 Å². The minimum Gasteiger partial charge on any atom is -0.356 e. The molecule has 1 aliphatic rings. The number of unbranched alkanes of at least 4 members (excludes halogenated alkanes) is 1. The lowest BCUT2D eigenvalue weighted by atomic mass is 10.2. The summed E-state index contributed by atoms with van der Waals surface area (Å²) >= 11 is 1.88. The second-order valence-corrected chi connectivity index (χ2v) is 6.41. The molecular weight excluding hydrogens is 411 g/mol. The van der Waals surface area contributed by atoms with Crippen molar-refractivity contribution in [1.29, 1.82) is 0 Å². The Morgan fingerprint density at radius 2 is 1.86 bits per heavy atom. The average Bonchev–Trinajstić information content (AvgIpc) is 2.98. The van der Waals surface area contributed by atoms with Crippen molar-refractivity contribution >= 4 is 47.6 Å². The van der Waals surface area contributed by atoms with Crippen molar-refractivity contribution in [2.75, 3.05) is 32.1 Å². The van der Waals surface area contributed by atoms with Crippen LogP contribution in [0, 0.1) is 0 Å². The van der Waals surface area contributed by atoms with Crippen LogP contribution in [0.3, 0.4) is 0 Å². The number of amides is 1. The summed E-state index contributed by atoms with van der Waals surface area (Å²) in [6.45, 7) is 1.55. The molecule has 1 amide bonds. The molecule has 0 spiro atoms. The van der Waals surface area contributed by atoms with E-state index in [1.165, 1.54) is 25.0 Å². The van der Waals surface area contributed by atoms with Gasteiger partial charge < -0.3 is 16.0 Å². The number of nitrogens with zero attached hydrogens (tertiary/aromatic N) is 1. The molecule has 1 rings (SSSR count). The Morgan fingerprint density at radius 1 is 1.18 bits per heavy atom. The fourth-order valence-electron chi connectivity index (χ4n) is 2.46. The van der Waals surface area contributed by atoms with E-state index in [1.807, 2.05) is 11.8 Å². The van der Waals surface area contributed by atoms with E-state index in [9.17, 15) is 4.79 Å². The molecule has 0 atom stereocenters. The van der Waals surface area contributed by atoms with Crippen LogP contribution in [0.5, 0.6) is 0 Å². The van der Waals surface area contributed by atoms with Gasteiger partial charge in [-0.25, -0.2) is 0 Å². The molecule has 1 aliphatic carbocycles. The maximum atomic E-state index is 11.8. The first-order valence-electron chi connectivity index (χ1n) is 7.99. The first kappa shape index (κ1) is 21.8. The van der Waals surface area contributed by atoms with E-state index in [0.29, 0.717) is 19.0 Å². The van der Waals surface area contributed by atoms with Crippen molar-refractivity contribution in [2.24, 2.45) is 4.99 Å². The molecule has 1 saturated carbocycles. The molecule has 0 saturated heterocycles. The second-order valence-electron chi connectivity index (χ2n) is 5.42. The Hall–Kier alpha value is -0.180. The molecule has 3 N–H and O–H groups in total. The highest BCUT2D eigenvalue weighted by atomic mass is 127. The monoisotopic (exact) mass is 442 g/mol. The number of guanidine groups is 1. The maximum absolute atomic E-state index is 11.8. The molecule has 0 aromatic carbocycles. The Morgan fingerprint density at radius 3 is 2.50 bits per heavy atom. The molecule has 7 heteroatoms. The van der Waals surface area contributed by atoms with E-state index in [4.69, 9.17) is 0 Å². The highest BCUT2D eigenvalue weighted by molar-refractivity contribution is 14.0. The highest BCUT2D eigenvalue weighted by Crippen LogP contribution is 2.17. The van der Waals surface area contributed by atoms with Crippen LogP contribution in [0.25, 0.3) is 0 Å². The van der Waals surface area contributed by atoms with Crippen LogP contribution in [-0.4, -0.2) is 50.1 Å². The van der Waals surface area contributed by atoms with Crippen LogP contribution in [0.15, 0.2) is 4.99 Å². The van der Waals surface area contributed by atoms with Gasteiger partial charge in [0.2, 0.25) is 5.91 Å². The lowest BCUT2D eigenvalue weighted by molar-refractivity contribution is -0.121. The lowest BCUT2D eigenvalue weighted by Gasteiger charge is -2.14. The third-order valence-electron chi connectivity index (χ3n) is 3.66. The predicted molar refractivity (Wildman–Crippen MR) is 107 cm³/mol. The van der Waals surface area contributed by atoms with Crippen LogP contribution in [0.4, 0.5) is 0 Å². The second kappa shape index (κ2) is 14.4. The Balaban J connectivity index is 0.00000441. The number of halogens is 1. The highest BCUT2D eigenvalue weighted by Gasteiger charge is 2.16. The van der Waals surface area contributed by atoms with Gasteiger partial charge in [-0.05, 0) is 37.7 Å². The number of hydrogen-bond donors (Lipinski definition) is 3. The SMILES string of the molecule is CN=C(NCCCCSC)NCCC(=O)NC1CCCC1.I. The van der Waals surface area contributed by atoms with Gasteiger partial charge in [-0.15, -0.1) is 24.0 Å². The number of carbonyl (C=O) groups excluding carboxylic acids is 1. The topological polar surface area (TPSA) is 65.5 Å². The summed E-state index contributed by atoms with van der Waals surface area (Å²) in [5.74, 6) is 2.13. The summed E-state index contributed by atoms with van der Waals surface area (Å²) < 4.78 is 0. The van der Waals surface area contributed by atoms with Crippen molar-refractivity contribution in [1.82, 2.24) is 16.0 Å². The zero-order valence-electron chi connectivity index (χ0n) is 13.8. The van der Waals surface area contributed by atoms with Crippen molar-refractivity contribution in [2.45, 2.75) is 51.0 Å². The van der Waals surface area contributed by atoms with Crippen LogP contribution < -0.4 is 16.0 Å². The fraction of sp³-hybridized carbons (Fsp3) is 0.867. The number of hydrogen-bond acceptors (Lipinski definition) is 3. The molecule has 0 aromatic heterocycles. The number of aliphatic imine (C=N–C) groups is 1. The largest absolute Gasteiger partial charge is 0.356 e. The van der Waals surface area contributed by atoms with Crippen LogP contribution >= 0.6 is 35.7 Å². The van der Waals surface area contributed by atoms with Gasteiger partial charge in [0, 0.05) is 32.6 Å². The van der Waals surface area contributed by atoms with Gasteiger partial charge in [-0.3, -0.25) is 9.79 Å². The minimum absolute atomic E-state index is 0. The van der Waals surface area contributed by atoms with Gasteiger partial charge in [-0.1, -0.05) is 12.8 Å².